The highest BCUT2D eigenvalue weighted by Crippen LogP contribution is 2.35. The Labute approximate surface area is 129 Å². The number of carbonyl (C=O) groups excluding carboxylic acids is 1. The van der Waals surface area contributed by atoms with Crippen LogP contribution in [0, 0.1) is 0 Å². The molecule has 1 amide bonds. The number of nitrogens with zero attached hydrogens (tertiary/aromatic N) is 6. The van der Waals surface area contributed by atoms with Crippen LogP contribution in [0.3, 0.4) is 0 Å². The van der Waals surface area contributed by atoms with Crippen LogP contribution in [0.15, 0.2) is 24.8 Å². The molecule has 2 aromatic rings. The monoisotopic (exact) mass is 300 g/mol. The normalized spacial score (nSPS) is 19.9. The van der Waals surface area contributed by atoms with Crippen molar-refractivity contribution in [3.05, 3.63) is 30.6 Å². The fourth-order valence-electron chi connectivity index (χ4n) is 3.03. The minimum absolute atomic E-state index is 0.128. The van der Waals surface area contributed by atoms with Crippen molar-refractivity contribution >= 4 is 11.6 Å². The van der Waals surface area contributed by atoms with E-state index in [4.69, 9.17) is 0 Å². The Morgan fingerprint density at radius 1 is 1.32 bits per heavy atom. The van der Waals surface area contributed by atoms with Gasteiger partial charge in [0.2, 0.25) is 5.91 Å². The maximum absolute atomic E-state index is 12.4. The quantitative estimate of drug-likeness (QED) is 0.838. The molecule has 7 nitrogen and oxygen atoms in total. The van der Waals surface area contributed by atoms with E-state index in [0.717, 1.165) is 24.6 Å². The summed E-state index contributed by atoms with van der Waals surface area (Å²) in [6.07, 6.45) is 10.0. The average molecular weight is 300 g/mol. The number of anilines is 1. The average Bonchev–Trinajstić information content (AvgIpc) is 3.09. The molecule has 0 bridgehead atoms. The second-order valence-corrected chi connectivity index (χ2v) is 6.11. The van der Waals surface area contributed by atoms with Gasteiger partial charge >= 0.3 is 0 Å². The van der Waals surface area contributed by atoms with Crippen molar-refractivity contribution in [3.63, 3.8) is 0 Å². The molecule has 0 aromatic carbocycles. The molecule has 0 atom stereocenters. The number of imidazole rings is 1. The van der Waals surface area contributed by atoms with Gasteiger partial charge in [-0.1, -0.05) is 0 Å². The zero-order valence-corrected chi connectivity index (χ0v) is 12.7. The van der Waals surface area contributed by atoms with E-state index in [-0.39, 0.29) is 5.91 Å². The second-order valence-electron chi connectivity index (χ2n) is 6.11. The molecule has 7 heteroatoms. The van der Waals surface area contributed by atoms with Gasteiger partial charge in [-0.2, -0.15) is 5.10 Å². The zero-order chi connectivity index (χ0) is 15.1. The van der Waals surface area contributed by atoms with Crippen LogP contribution in [0.4, 0.5) is 5.69 Å². The predicted octanol–water partition coefficient (Wildman–Crippen LogP) is 0.800. The Hall–Kier alpha value is -2.15. The van der Waals surface area contributed by atoms with Crippen molar-refractivity contribution < 1.29 is 4.79 Å². The number of piperazine rings is 1. The lowest BCUT2D eigenvalue weighted by Gasteiger charge is -2.33. The number of hydrogen-bond donors (Lipinski definition) is 0. The Morgan fingerprint density at radius 2 is 2.18 bits per heavy atom. The molecule has 1 aliphatic carbocycles. The number of rotatable bonds is 4. The van der Waals surface area contributed by atoms with E-state index in [2.05, 4.69) is 25.7 Å². The van der Waals surface area contributed by atoms with Crippen molar-refractivity contribution in [3.8, 4) is 0 Å². The van der Waals surface area contributed by atoms with Crippen LogP contribution in [0.5, 0.6) is 0 Å². The molecule has 2 aromatic heterocycles. The Balaban J connectivity index is 1.42. The van der Waals surface area contributed by atoms with Crippen LogP contribution in [-0.2, 0) is 18.4 Å². The molecule has 0 radical (unpaired) electrons. The van der Waals surface area contributed by atoms with Crippen LogP contribution in [0.1, 0.15) is 24.7 Å². The molecule has 0 spiro atoms. The first-order chi connectivity index (χ1) is 10.7. The first-order valence-electron chi connectivity index (χ1n) is 7.74. The number of carbonyl (C=O) groups is 1. The lowest BCUT2D eigenvalue weighted by Crippen LogP contribution is -2.50. The van der Waals surface area contributed by atoms with Gasteiger partial charge in [-0.25, -0.2) is 4.98 Å². The molecule has 1 saturated heterocycles. The molecule has 1 saturated carbocycles. The summed E-state index contributed by atoms with van der Waals surface area (Å²) < 4.78 is 3.99. The van der Waals surface area contributed by atoms with Gasteiger partial charge in [-0.05, 0) is 12.8 Å². The highest BCUT2D eigenvalue weighted by Gasteiger charge is 2.29. The fourth-order valence-corrected chi connectivity index (χ4v) is 3.03. The summed E-state index contributed by atoms with van der Waals surface area (Å²) in [5.41, 5.74) is 0.881. The third kappa shape index (κ3) is 2.52. The Bertz CT molecular complexity index is 686. The smallest absolute Gasteiger partial charge is 0.241 e. The number of aryl methyl sites for hydroxylation is 1. The molecular formula is C15H20N6O. The number of aromatic nitrogens is 4. The van der Waals surface area contributed by atoms with E-state index in [1.807, 2.05) is 24.3 Å². The minimum atomic E-state index is 0.128. The van der Waals surface area contributed by atoms with Gasteiger partial charge in [0.05, 0.1) is 25.0 Å². The number of amides is 1. The lowest BCUT2D eigenvalue weighted by atomic mass is 10.3. The molecule has 1 aliphatic heterocycles. The molecular weight excluding hydrogens is 280 g/mol. The lowest BCUT2D eigenvalue weighted by molar-refractivity contribution is -0.121. The summed E-state index contributed by atoms with van der Waals surface area (Å²) in [4.78, 5) is 20.8. The van der Waals surface area contributed by atoms with Crippen LogP contribution in [0.25, 0.3) is 0 Å². The van der Waals surface area contributed by atoms with Gasteiger partial charge in [0.15, 0.2) is 0 Å². The fraction of sp³-hybridized carbons (Fsp3) is 0.533. The summed E-state index contributed by atoms with van der Waals surface area (Å²) >= 11 is 0. The van der Waals surface area contributed by atoms with Gasteiger partial charge in [-0.3, -0.25) is 14.4 Å². The molecule has 0 unspecified atom stereocenters. The molecule has 2 fully saturated rings. The highest BCUT2D eigenvalue weighted by molar-refractivity contribution is 5.95. The first-order valence-corrected chi connectivity index (χ1v) is 7.74. The van der Waals surface area contributed by atoms with Crippen molar-refractivity contribution in [2.45, 2.75) is 25.4 Å². The van der Waals surface area contributed by atoms with E-state index >= 15 is 0 Å². The largest absolute Gasteiger partial charge is 0.331 e. The maximum Gasteiger partial charge on any atom is 0.241 e. The molecule has 4 rings (SSSR count). The molecule has 22 heavy (non-hydrogen) atoms. The molecule has 3 heterocycles. The summed E-state index contributed by atoms with van der Waals surface area (Å²) in [6.45, 7) is 2.75. The Kier molecular flexibility index (Phi) is 3.22. The second kappa shape index (κ2) is 5.24. The van der Waals surface area contributed by atoms with Gasteiger partial charge in [0, 0.05) is 44.8 Å². The van der Waals surface area contributed by atoms with Crippen LogP contribution in [-0.4, -0.2) is 49.8 Å². The summed E-state index contributed by atoms with van der Waals surface area (Å²) in [6, 6.07) is 0.630. The van der Waals surface area contributed by atoms with E-state index in [9.17, 15) is 4.79 Å². The van der Waals surface area contributed by atoms with Crippen LogP contribution < -0.4 is 4.90 Å². The van der Waals surface area contributed by atoms with Crippen molar-refractivity contribution in [1.29, 1.82) is 0 Å². The maximum atomic E-state index is 12.4. The van der Waals surface area contributed by atoms with Crippen LogP contribution >= 0.6 is 0 Å². The first kappa shape index (κ1) is 13.5. The van der Waals surface area contributed by atoms with Crippen molar-refractivity contribution in [2.24, 2.45) is 7.05 Å². The molecule has 2 aliphatic rings. The third-order valence-electron chi connectivity index (χ3n) is 4.36. The standard InChI is InChI=1S/C15H20N6O/c1-18-9-13(8-17-18)21-7-6-19(11-15(21)22)10-14-16-4-5-20(14)12-2-3-12/h4-5,8-9,12H,2-3,6-7,10-11H2,1H3. The Morgan fingerprint density at radius 3 is 2.86 bits per heavy atom. The molecule has 0 N–H and O–H groups in total. The van der Waals surface area contributed by atoms with Crippen molar-refractivity contribution in [1.82, 2.24) is 24.2 Å². The van der Waals surface area contributed by atoms with Gasteiger partial charge in [0.1, 0.15) is 5.82 Å². The van der Waals surface area contributed by atoms with E-state index in [1.54, 1.807) is 10.9 Å². The van der Waals surface area contributed by atoms with Gasteiger partial charge < -0.3 is 9.47 Å². The van der Waals surface area contributed by atoms with E-state index in [1.165, 1.54) is 12.8 Å². The van der Waals surface area contributed by atoms with Crippen molar-refractivity contribution in [2.75, 3.05) is 24.5 Å². The van der Waals surface area contributed by atoms with E-state index < -0.39 is 0 Å². The SMILES string of the molecule is Cn1cc(N2CCN(Cc3nccn3C3CC3)CC2=O)cn1. The highest BCUT2D eigenvalue weighted by atomic mass is 16.2. The molecule has 116 valence electrons. The van der Waals surface area contributed by atoms with Crippen LogP contribution in [0.2, 0.25) is 0 Å². The predicted molar refractivity (Wildman–Crippen MR) is 81.3 cm³/mol. The number of hydrogen-bond acceptors (Lipinski definition) is 4. The third-order valence-corrected chi connectivity index (χ3v) is 4.36. The minimum Gasteiger partial charge on any atom is -0.331 e. The summed E-state index contributed by atoms with van der Waals surface area (Å²) in [7, 11) is 1.86. The summed E-state index contributed by atoms with van der Waals surface area (Å²) in [5.74, 6) is 1.20. The zero-order valence-electron chi connectivity index (χ0n) is 12.7. The van der Waals surface area contributed by atoms with Gasteiger partial charge in [-0.15, -0.1) is 0 Å². The van der Waals surface area contributed by atoms with E-state index in [0.29, 0.717) is 19.1 Å². The topological polar surface area (TPSA) is 59.2 Å². The summed E-state index contributed by atoms with van der Waals surface area (Å²) in [5, 5.41) is 4.14. The van der Waals surface area contributed by atoms with Gasteiger partial charge in [0.25, 0.3) is 0 Å².